The van der Waals surface area contributed by atoms with Gasteiger partial charge in [0.25, 0.3) is 10.0 Å². The van der Waals surface area contributed by atoms with Crippen LogP contribution in [0.3, 0.4) is 0 Å². The van der Waals surface area contributed by atoms with Gasteiger partial charge in [0.15, 0.2) is 11.5 Å². The molecule has 10 heteroatoms. The summed E-state index contributed by atoms with van der Waals surface area (Å²) in [6.07, 6.45) is 1.33. The van der Waals surface area contributed by atoms with E-state index in [1.165, 1.54) is 51.4 Å². The molecule has 0 spiro atoms. The first-order valence-electron chi connectivity index (χ1n) is 6.73. The van der Waals surface area contributed by atoms with Gasteiger partial charge in [-0.25, -0.2) is 4.98 Å². The zero-order valence-corrected chi connectivity index (χ0v) is 15.5. The first kappa shape index (κ1) is 18.2. The molecular weight excluding hydrogens is 358 g/mol. The summed E-state index contributed by atoms with van der Waals surface area (Å²) < 4.78 is 43.7. The third-order valence-corrected chi connectivity index (χ3v) is 5.73. The Morgan fingerprint density at radius 2 is 1.67 bits per heavy atom. The van der Waals surface area contributed by atoms with Crippen molar-refractivity contribution in [2.75, 3.05) is 32.7 Å². The number of methoxy groups -OCH3 is 3. The maximum Gasteiger partial charge on any atom is 0.284 e. The van der Waals surface area contributed by atoms with Gasteiger partial charge in [-0.1, -0.05) is 11.6 Å². The van der Waals surface area contributed by atoms with Crippen LogP contribution in [-0.4, -0.2) is 46.3 Å². The Balaban J connectivity index is 2.57. The first-order valence-corrected chi connectivity index (χ1v) is 8.55. The normalized spacial score (nSPS) is 11.2. The van der Waals surface area contributed by atoms with Crippen molar-refractivity contribution in [2.24, 2.45) is 7.05 Å². The number of sulfonamides is 1. The highest BCUT2D eigenvalue weighted by molar-refractivity contribution is 7.92. The minimum absolute atomic E-state index is 0.0225. The molecule has 0 saturated carbocycles. The lowest BCUT2D eigenvalue weighted by molar-refractivity contribution is 0.324. The van der Waals surface area contributed by atoms with E-state index in [4.69, 9.17) is 25.8 Å². The number of aromatic nitrogens is 2. The van der Waals surface area contributed by atoms with Crippen LogP contribution in [0.15, 0.2) is 23.5 Å². The number of benzene rings is 1. The van der Waals surface area contributed by atoms with Gasteiger partial charge in [0, 0.05) is 26.2 Å². The van der Waals surface area contributed by atoms with E-state index in [1.807, 2.05) is 0 Å². The van der Waals surface area contributed by atoms with Crippen molar-refractivity contribution in [3.8, 4) is 17.2 Å². The van der Waals surface area contributed by atoms with E-state index in [1.54, 1.807) is 7.05 Å². The van der Waals surface area contributed by atoms with E-state index >= 15 is 0 Å². The van der Waals surface area contributed by atoms with Crippen LogP contribution in [0, 0.1) is 0 Å². The van der Waals surface area contributed by atoms with Crippen LogP contribution in [-0.2, 0) is 17.1 Å². The molecule has 2 rings (SSSR count). The minimum atomic E-state index is -3.95. The third-order valence-electron chi connectivity index (χ3n) is 3.45. The lowest BCUT2D eigenvalue weighted by atomic mass is 10.2. The van der Waals surface area contributed by atoms with Crippen LogP contribution in [0.1, 0.15) is 0 Å². The Morgan fingerprint density at radius 3 is 2.04 bits per heavy atom. The number of ether oxygens (including phenoxy) is 3. The number of aryl methyl sites for hydroxylation is 1. The molecule has 0 N–H and O–H groups in total. The molecule has 8 nitrogen and oxygen atoms in total. The standard InChI is InChI=1S/C14H18ClN3O5S/c1-17-8-16-14(13(17)15)24(19,20)18(2)9-6-10(21-3)12(23-5)11(7-9)22-4/h6-8H,1-5H3. The monoisotopic (exact) mass is 375 g/mol. The number of anilines is 1. The van der Waals surface area contributed by atoms with Gasteiger partial charge in [-0.05, 0) is 0 Å². The molecule has 2 aromatic rings. The Kier molecular flexibility index (Phi) is 5.14. The highest BCUT2D eigenvalue weighted by Gasteiger charge is 2.29. The van der Waals surface area contributed by atoms with Gasteiger partial charge in [0.1, 0.15) is 5.15 Å². The SMILES string of the molecule is COc1cc(N(C)S(=O)(=O)c2ncn(C)c2Cl)cc(OC)c1OC. The van der Waals surface area contributed by atoms with Gasteiger partial charge in [0.05, 0.1) is 33.3 Å². The zero-order valence-electron chi connectivity index (χ0n) is 13.9. The molecule has 1 heterocycles. The molecule has 0 aliphatic heterocycles. The molecule has 0 aliphatic rings. The van der Waals surface area contributed by atoms with Crippen LogP contribution < -0.4 is 18.5 Å². The van der Waals surface area contributed by atoms with Crippen molar-refractivity contribution in [3.05, 3.63) is 23.6 Å². The van der Waals surface area contributed by atoms with Crippen LogP contribution in [0.25, 0.3) is 0 Å². The first-order chi connectivity index (χ1) is 11.3. The Hall–Kier alpha value is -2.13. The molecule has 0 aliphatic carbocycles. The van der Waals surface area contributed by atoms with E-state index in [-0.39, 0.29) is 10.2 Å². The average Bonchev–Trinajstić information content (AvgIpc) is 2.92. The van der Waals surface area contributed by atoms with Crippen molar-refractivity contribution in [1.29, 1.82) is 0 Å². The predicted octanol–water partition coefficient (Wildman–Crippen LogP) is 1.92. The number of rotatable bonds is 6. The molecule has 132 valence electrons. The van der Waals surface area contributed by atoms with Gasteiger partial charge in [-0.15, -0.1) is 0 Å². The molecule has 0 unspecified atom stereocenters. The minimum Gasteiger partial charge on any atom is -0.493 e. The van der Waals surface area contributed by atoms with E-state index in [2.05, 4.69) is 4.98 Å². The summed E-state index contributed by atoms with van der Waals surface area (Å²) in [5, 5.41) is -0.211. The largest absolute Gasteiger partial charge is 0.493 e. The van der Waals surface area contributed by atoms with Gasteiger partial charge in [-0.2, -0.15) is 8.42 Å². The topological polar surface area (TPSA) is 82.9 Å². The molecule has 0 amide bonds. The Morgan fingerprint density at radius 1 is 1.12 bits per heavy atom. The van der Waals surface area contributed by atoms with Crippen LogP contribution in [0.5, 0.6) is 17.2 Å². The van der Waals surface area contributed by atoms with Crippen LogP contribution in [0.2, 0.25) is 5.15 Å². The highest BCUT2D eigenvalue weighted by Crippen LogP contribution is 2.41. The second-order valence-electron chi connectivity index (χ2n) is 4.81. The smallest absolute Gasteiger partial charge is 0.284 e. The van der Waals surface area contributed by atoms with Crippen molar-refractivity contribution < 1.29 is 22.6 Å². The summed E-state index contributed by atoms with van der Waals surface area (Å²) in [5.74, 6) is 1.03. The third kappa shape index (κ3) is 2.96. The average molecular weight is 376 g/mol. The maximum atomic E-state index is 12.8. The van der Waals surface area contributed by atoms with Crippen molar-refractivity contribution in [2.45, 2.75) is 5.03 Å². The molecule has 0 saturated heterocycles. The van der Waals surface area contributed by atoms with Gasteiger partial charge >= 0.3 is 0 Å². The number of hydrogen-bond acceptors (Lipinski definition) is 6. The van der Waals surface area contributed by atoms with Crippen molar-refractivity contribution in [3.63, 3.8) is 0 Å². The summed E-state index contributed by atoms with van der Waals surface area (Å²) in [7, 11) is 3.41. The number of hydrogen-bond donors (Lipinski definition) is 0. The molecule has 0 atom stereocenters. The van der Waals surface area contributed by atoms with Crippen molar-refractivity contribution in [1.82, 2.24) is 9.55 Å². The number of halogens is 1. The number of nitrogens with zero attached hydrogens (tertiary/aromatic N) is 3. The van der Waals surface area contributed by atoms with Crippen LogP contribution >= 0.6 is 11.6 Å². The fourth-order valence-electron chi connectivity index (χ4n) is 2.08. The quantitative estimate of drug-likeness (QED) is 0.767. The fraction of sp³-hybridized carbons (Fsp3) is 0.357. The molecule has 1 aromatic heterocycles. The Labute approximate surface area is 145 Å². The molecule has 0 bridgehead atoms. The van der Waals surface area contributed by atoms with Crippen LogP contribution in [0.4, 0.5) is 5.69 Å². The summed E-state index contributed by atoms with van der Waals surface area (Å²) in [6, 6.07) is 3.05. The predicted molar refractivity (Wildman–Crippen MR) is 89.9 cm³/mol. The molecule has 0 radical (unpaired) electrons. The van der Waals surface area contributed by atoms with Gasteiger partial charge in [0.2, 0.25) is 10.8 Å². The molecule has 0 fully saturated rings. The van der Waals surface area contributed by atoms with E-state index < -0.39 is 10.0 Å². The zero-order chi connectivity index (χ0) is 18.1. The highest BCUT2D eigenvalue weighted by atomic mass is 35.5. The van der Waals surface area contributed by atoms with Gasteiger partial charge in [-0.3, -0.25) is 4.31 Å². The molecular formula is C14H18ClN3O5S. The maximum absolute atomic E-state index is 12.8. The van der Waals surface area contributed by atoms with E-state index in [0.29, 0.717) is 22.9 Å². The second kappa shape index (κ2) is 6.78. The fourth-order valence-corrected chi connectivity index (χ4v) is 3.65. The second-order valence-corrected chi connectivity index (χ2v) is 7.05. The van der Waals surface area contributed by atoms with E-state index in [0.717, 1.165) is 4.31 Å². The van der Waals surface area contributed by atoms with Crippen molar-refractivity contribution >= 4 is 27.3 Å². The summed E-state index contributed by atoms with van der Waals surface area (Å²) in [5.41, 5.74) is 0.311. The summed E-state index contributed by atoms with van der Waals surface area (Å²) >= 11 is 6.01. The van der Waals surface area contributed by atoms with E-state index in [9.17, 15) is 8.42 Å². The summed E-state index contributed by atoms with van der Waals surface area (Å²) in [4.78, 5) is 3.87. The lowest BCUT2D eigenvalue weighted by Crippen LogP contribution is -2.27. The molecule has 24 heavy (non-hydrogen) atoms. The summed E-state index contributed by atoms with van der Waals surface area (Å²) in [6.45, 7) is 0. The van der Waals surface area contributed by atoms with Gasteiger partial charge < -0.3 is 18.8 Å². The lowest BCUT2D eigenvalue weighted by Gasteiger charge is -2.21. The number of imidazole rings is 1. The Bertz CT molecular complexity index is 825. The molecule has 1 aromatic carbocycles.